The SMILES string of the molecule is CN1CC=C(C=O)C=C1I. The third kappa shape index (κ3) is 1.59. The van der Waals surface area contributed by atoms with Crippen molar-refractivity contribution in [3.63, 3.8) is 0 Å². The van der Waals surface area contributed by atoms with E-state index in [4.69, 9.17) is 0 Å². The molecule has 0 saturated carbocycles. The fraction of sp³-hybridized carbons (Fsp3) is 0.286. The first kappa shape index (κ1) is 7.78. The minimum absolute atomic E-state index is 0.780. The van der Waals surface area contributed by atoms with E-state index in [0.717, 1.165) is 22.1 Å². The van der Waals surface area contributed by atoms with Crippen LogP contribution in [0.3, 0.4) is 0 Å². The maximum Gasteiger partial charge on any atom is 0.149 e. The number of hydrogen-bond donors (Lipinski definition) is 0. The summed E-state index contributed by atoms with van der Waals surface area (Å²) >= 11 is 2.21. The normalized spacial score (nSPS) is 18.0. The van der Waals surface area contributed by atoms with Crippen LogP contribution in [0, 0.1) is 0 Å². The second kappa shape index (κ2) is 3.18. The average molecular weight is 249 g/mol. The summed E-state index contributed by atoms with van der Waals surface area (Å²) in [7, 11) is 2.00. The predicted molar refractivity (Wildman–Crippen MR) is 48.9 cm³/mol. The molecule has 0 radical (unpaired) electrons. The van der Waals surface area contributed by atoms with Gasteiger partial charge in [-0.2, -0.15) is 0 Å². The van der Waals surface area contributed by atoms with E-state index in [9.17, 15) is 4.79 Å². The molecule has 0 unspecified atom stereocenters. The summed E-state index contributed by atoms with van der Waals surface area (Å²) in [5, 5.41) is 0. The van der Waals surface area contributed by atoms with Crippen molar-refractivity contribution in [3.8, 4) is 0 Å². The van der Waals surface area contributed by atoms with E-state index < -0.39 is 0 Å². The molecular weight excluding hydrogens is 241 g/mol. The molecule has 0 aromatic rings. The van der Waals surface area contributed by atoms with Crippen molar-refractivity contribution in [2.75, 3.05) is 13.6 Å². The lowest BCUT2D eigenvalue weighted by Crippen LogP contribution is -2.17. The average Bonchev–Trinajstić information content (AvgIpc) is 1.95. The van der Waals surface area contributed by atoms with Crippen LogP contribution >= 0.6 is 22.6 Å². The fourth-order valence-corrected chi connectivity index (χ4v) is 1.27. The van der Waals surface area contributed by atoms with Crippen LogP contribution in [-0.2, 0) is 4.79 Å². The number of hydrogen-bond acceptors (Lipinski definition) is 2. The Morgan fingerprint density at radius 2 is 2.50 bits per heavy atom. The van der Waals surface area contributed by atoms with Crippen molar-refractivity contribution in [2.24, 2.45) is 0 Å². The van der Waals surface area contributed by atoms with Crippen molar-refractivity contribution in [3.05, 3.63) is 21.4 Å². The van der Waals surface area contributed by atoms with Gasteiger partial charge in [0.1, 0.15) is 6.29 Å². The zero-order chi connectivity index (χ0) is 7.56. The van der Waals surface area contributed by atoms with Crippen molar-refractivity contribution in [2.45, 2.75) is 0 Å². The molecule has 0 N–H and O–H groups in total. The van der Waals surface area contributed by atoms with Gasteiger partial charge in [-0.1, -0.05) is 6.08 Å². The van der Waals surface area contributed by atoms with Gasteiger partial charge in [0.05, 0.1) is 3.70 Å². The van der Waals surface area contributed by atoms with Crippen LogP contribution in [0.15, 0.2) is 21.4 Å². The summed E-state index contributed by atoms with van der Waals surface area (Å²) in [6.07, 6.45) is 4.66. The van der Waals surface area contributed by atoms with Gasteiger partial charge in [-0.05, 0) is 28.7 Å². The summed E-state index contributed by atoms with van der Waals surface area (Å²) in [4.78, 5) is 12.4. The molecule has 0 fully saturated rings. The standard InChI is InChI=1S/C7H8INO/c1-9-3-2-6(5-10)4-7(9)8/h2,4-5H,3H2,1H3. The van der Waals surface area contributed by atoms with E-state index in [1.807, 2.05) is 19.2 Å². The summed E-state index contributed by atoms with van der Waals surface area (Å²) in [6, 6.07) is 0. The third-order valence-corrected chi connectivity index (χ3v) is 2.52. The number of carbonyl (C=O) groups excluding carboxylic acids is 1. The van der Waals surface area contributed by atoms with Crippen LogP contribution in [-0.4, -0.2) is 24.8 Å². The minimum atomic E-state index is 0.780. The van der Waals surface area contributed by atoms with E-state index in [2.05, 4.69) is 27.5 Å². The van der Waals surface area contributed by atoms with Gasteiger partial charge in [-0.3, -0.25) is 4.79 Å². The Kier molecular flexibility index (Phi) is 2.48. The number of nitrogens with zero attached hydrogens (tertiary/aromatic N) is 1. The highest BCUT2D eigenvalue weighted by Crippen LogP contribution is 2.17. The zero-order valence-electron chi connectivity index (χ0n) is 5.67. The number of halogens is 1. The number of likely N-dealkylation sites (N-methyl/N-ethyl adjacent to an activating group) is 1. The molecule has 0 aliphatic carbocycles. The number of rotatable bonds is 1. The Morgan fingerprint density at radius 3 is 3.00 bits per heavy atom. The van der Waals surface area contributed by atoms with Crippen molar-refractivity contribution in [1.29, 1.82) is 0 Å². The molecule has 0 aromatic carbocycles. The van der Waals surface area contributed by atoms with Gasteiger partial charge in [0.15, 0.2) is 0 Å². The Hall–Kier alpha value is -0.320. The molecule has 0 spiro atoms. The zero-order valence-corrected chi connectivity index (χ0v) is 7.83. The van der Waals surface area contributed by atoms with E-state index in [-0.39, 0.29) is 0 Å². The first-order chi connectivity index (χ1) is 4.74. The third-order valence-electron chi connectivity index (χ3n) is 1.39. The molecule has 1 aliphatic rings. The van der Waals surface area contributed by atoms with Gasteiger partial charge in [0.2, 0.25) is 0 Å². The molecule has 1 heterocycles. The van der Waals surface area contributed by atoms with Gasteiger partial charge in [0, 0.05) is 19.2 Å². The lowest BCUT2D eigenvalue weighted by molar-refractivity contribution is -0.104. The largest absolute Gasteiger partial charge is 0.366 e. The maximum absolute atomic E-state index is 10.3. The molecular formula is C7H8INO. The van der Waals surface area contributed by atoms with Gasteiger partial charge < -0.3 is 4.90 Å². The lowest BCUT2D eigenvalue weighted by atomic mass is 10.2. The van der Waals surface area contributed by atoms with Gasteiger partial charge in [0.25, 0.3) is 0 Å². The first-order valence-corrected chi connectivity index (χ1v) is 4.05. The highest BCUT2D eigenvalue weighted by molar-refractivity contribution is 14.1. The van der Waals surface area contributed by atoms with E-state index in [1.54, 1.807) is 0 Å². The highest BCUT2D eigenvalue weighted by Gasteiger charge is 2.05. The summed E-state index contributed by atoms with van der Waals surface area (Å²) in [5.74, 6) is 0. The van der Waals surface area contributed by atoms with Crippen LogP contribution < -0.4 is 0 Å². The molecule has 2 nitrogen and oxygen atoms in total. The molecule has 0 saturated heterocycles. The summed E-state index contributed by atoms with van der Waals surface area (Å²) in [6.45, 7) is 0.836. The Balaban J connectivity index is 2.78. The first-order valence-electron chi connectivity index (χ1n) is 2.97. The van der Waals surface area contributed by atoms with Crippen LogP contribution in [0.25, 0.3) is 0 Å². The Morgan fingerprint density at radius 1 is 1.80 bits per heavy atom. The van der Waals surface area contributed by atoms with Gasteiger partial charge in [-0.15, -0.1) is 0 Å². The van der Waals surface area contributed by atoms with Crippen molar-refractivity contribution < 1.29 is 4.79 Å². The monoisotopic (exact) mass is 249 g/mol. The van der Waals surface area contributed by atoms with Crippen molar-refractivity contribution in [1.82, 2.24) is 4.90 Å². The van der Waals surface area contributed by atoms with E-state index in [1.165, 1.54) is 0 Å². The van der Waals surface area contributed by atoms with E-state index in [0.29, 0.717) is 0 Å². The predicted octanol–water partition coefficient (Wildman–Crippen LogP) is 1.33. The highest BCUT2D eigenvalue weighted by atomic mass is 127. The topological polar surface area (TPSA) is 20.3 Å². The molecule has 0 amide bonds. The minimum Gasteiger partial charge on any atom is -0.366 e. The van der Waals surface area contributed by atoms with Gasteiger partial charge in [-0.25, -0.2) is 0 Å². The molecule has 0 aromatic heterocycles. The van der Waals surface area contributed by atoms with Crippen LogP contribution in [0.2, 0.25) is 0 Å². The van der Waals surface area contributed by atoms with Crippen LogP contribution in [0.5, 0.6) is 0 Å². The number of allylic oxidation sites excluding steroid dienone is 2. The summed E-state index contributed by atoms with van der Waals surface area (Å²) in [5.41, 5.74) is 0.780. The molecule has 0 bridgehead atoms. The quantitative estimate of drug-likeness (QED) is 0.397. The lowest BCUT2D eigenvalue weighted by Gasteiger charge is -2.19. The fourth-order valence-electron chi connectivity index (χ4n) is 0.718. The molecule has 3 heteroatoms. The molecule has 1 aliphatic heterocycles. The maximum atomic E-state index is 10.3. The Labute approximate surface area is 73.7 Å². The molecule has 10 heavy (non-hydrogen) atoms. The van der Waals surface area contributed by atoms with Crippen LogP contribution in [0.1, 0.15) is 0 Å². The van der Waals surface area contributed by atoms with Gasteiger partial charge >= 0.3 is 0 Å². The number of aldehydes is 1. The smallest absolute Gasteiger partial charge is 0.149 e. The van der Waals surface area contributed by atoms with E-state index >= 15 is 0 Å². The second-order valence-electron chi connectivity index (χ2n) is 2.17. The molecule has 1 rings (SSSR count). The summed E-state index contributed by atoms with van der Waals surface area (Å²) < 4.78 is 1.11. The Bertz CT molecular complexity index is 208. The van der Waals surface area contributed by atoms with Crippen LogP contribution in [0.4, 0.5) is 0 Å². The molecule has 0 atom stereocenters. The number of carbonyl (C=O) groups is 1. The molecule has 54 valence electrons. The second-order valence-corrected chi connectivity index (χ2v) is 3.27. The van der Waals surface area contributed by atoms with Crippen molar-refractivity contribution >= 4 is 28.9 Å².